The summed E-state index contributed by atoms with van der Waals surface area (Å²) in [6.07, 6.45) is 10.4. The van der Waals surface area contributed by atoms with Crippen LogP contribution in [0.4, 0.5) is 0 Å². The van der Waals surface area contributed by atoms with Gasteiger partial charge in [0.05, 0.1) is 16.7 Å². The minimum atomic E-state index is 0.567. The van der Waals surface area contributed by atoms with Crippen LogP contribution in [0.25, 0.3) is 0 Å². The Bertz CT molecular complexity index is 386. The highest BCUT2D eigenvalue weighted by Gasteiger charge is 2.26. The van der Waals surface area contributed by atoms with Crippen LogP contribution in [0.3, 0.4) is 0 Å². The summed E-state index contributed by atoms with van der Waals surface area (Å²) < 4.78 is 3.21. The van der Waals surface area contributed by atoms with Crippen LogP contribution in [-0.4, -0.2) is 35.0 Å². The molecule has 1 saturated heterocycles. The Morgan fingerprint density at radius 3 is 3.00 bits per heavy atom. The van der Waals surface area contributed by atoms with Crippen LogP contribution in [0, 0.1) is 0 Å². The second-order valence-corrected chi connectivity index (χ2v) is 6.43. The van der Waals surface area contributed by atoms with Gasteiger partial charge in [-0.25, -0.2) is 0 Å². The Labute approximate surface area is 117 Å². The molecule has 1 saturated carbocycles. The van der Waals surface area contributed by atoms with Crippen molar-refractivity contribution in [3.8, 4) is 0 Å². The molecule has 0 bridgehead atoms. The number of hydrogen-bond donors (Lipinski definition) is 2. The molecular formula is C13H21BrN4. The van der Waals surface area contributed by atoms with E-state index in [0.717, 1.165) is 11.0 Å². The lowest BCUT2D eigenvalue weighted by Gasteiger charge is -2.31. The predicted molar refractivity (Wildman–Crippen MR) is 75.6 cm³/mol. The molecule has 100 valence electrons. The van der Waals surface area contributed by atoms with Gasteiger partial charge < -0.3 is 10.6 Å². The Morgan fingerprint density at radius 1 is 1.33 bits per heavy atom. The van der Waals surface area contributed by atoms with E-state index in [2.05, 4.69) is 42.5 Å². The predicted octanol–water partition coefficient (Wildman–Crippen LogP) is 2.08. The molecule has 1 aromatic heterocycles. The van der Waals surface area contributed by atoms with E-state index >= 15 is 0 Å². The van der Waals surface area contributed by atoms with Gasteiger partial charge in [-0.1, -0.05) is 0 Å². The smallest absolute Gasteiger partial charge is 0.0632 e. The van der Waals surface area contributed by atoms with Crippen LogP contribution in [0.5, 0.6) is 0 Å². The number of aromatic nitrogens is 2. The lowest BCUT2D eigenvalue weighted by molar-refractivity contribution is 0.257. The molecule has 0 aromatic carbocycles. The molecule has 3 unspecified atom stereocenters. The molecule has 3 atom stereocenters. The largest absolute Gasteiger partial charge is 0.315 e. The molecule has 2 aliphatic rings. The summed E-state index contributed by atoms with van der Waals surface area (Å²) >= 11 is 3.48. The quantitative estimate of drug-likeness (QED) is 0.898. The third kappa shape index (κ3) is 2.95. The zero-order valence-electron chi connectivity index (χ0n) is 10.6. The van der Waals surface area contributed by atoms with Crippen LogP contribution >= 0.6 is 15.9 Å². The second-order valence-electron chi connectivity index (χ2n) is 5.51. The maximum atomic E-state index is 4.44. The summed E-state index contributed by atoms with van der Waals surface area (Å²) in [5.74, 6) is 0. The first-order valence-electron chi connectivity index (χ1n) is 6.97. The van der Waals surface area contributed by atoms with Crippen molar-refractivity contribution in [3.63, 3.8) is 0 Å². The molecule has 18 heavy (non-hydrogen) atoms. The molecule has 0 amide bonds. The summed E-state index contributed by atoms with van der Waals surface area (Å²) in [6.45, 7) is 2.30. The highest BCUT2D eigenvalue weighted by atomic mass is 79.9. The van der Waals surface area contributed by atoms with E-state index in [1.807, 2.05) is 6.20 Å². The molecule has 1 aliphatic carbocycles. The average Bonchev–Trinajstić information content (AvgIpc) is 3.01. The fourth-order valence-electron chi connectivity index (χ4n) is 3.20. The van der Waals surface area contributed by atoms with Crippen molar-refractivity contribution >= 4 is 15.9 Å². The SMILES string of the molecule is Brc1cnn(C2CCCC(NC3CCNC3)C2)c1. The van der Waals surface area contributed by atoms with Gasteiger partial charge in [0.15, 0.2) is 0 Å². The maximum absolute atomic E-state index is 4.44. The van der Waals surface area contributed by atoms with Crippen molar-refractivity contribution in [3.05, 3.63) is 16.9 Å². The molecule has 1 aromatic rings. The monoisotopic (exact) mass is 312 g/mol. The summed E-state index contributed by atoms with van der Waals surface area (Å²) in [5, 5.41) is 11.7. The summed E-state index contributed by atoms with van der Waals surface area (Å²) in [6, 6.07) is 1.91. The van der Waals surface area contributed by atoms with Gasteiger partial charge in [-0.05, 0) is 54.6 Å². The van der Waals surface area contributed by atoms with Crippen LogP contribution < -0.4 is 10.6 Å². The van der Waals surface area contributed by atoms with Crippen molar-refractivity contribution in [1.29, 1.82) is 0 Å². The van der Waals surface area contributed by atoms with Gasteiger partial charge in [-0.3, -0.25) is 4.68 Å². The zero-order chi connectivity index (χ0) is 12.4. The van der Waals surface area contributed by atoms with Gasteiger partial charge in [-0.15, -0.1) is 0 Å². The van der Waals surface area contributed by atoms with Crippen LogP contribution in [0.1, 0.15) is 38.1 Å². The highest BCUT2D eigenvalue weighted by molar-refractivity contribution is 9.10. The summed E-state index contributed by atoms with van der Waals surface area (Å²) in [7, 11) is 0. The van der Waals surface area contributed by atoms with E-state index in [1.54, 1.807) is 0 Å². The van der Waals surface area contributed by atoms with Crippen LogP contribution in [0.2, 0.25) is 0 Å². The van der Waals surface area contributed by atoms with Gasteiger partial charge in [0.25, 0.3) is 0 Å². The van der Waals surface area contributed by atoms with E-state index in [9.17, 15) is 0 Å². The molecular weight excluding hydrogens is 292 g/mol. The minimum absolute atomic E-state index is 0.567. The second kappa shape index (κ2) is 5.72. The van der Waals surface area contributed by atoms with Crippen LogP contribution in [-0.2, 0) is 0 Å². The minimum Gasteiger partial charge on any atom is -0.315 e. The van der Waals surface area contributed by atoms with Crippen molar-refractivity contribution in [2.45, 2.75) is 50.2 Å². The number of rotatable bonds is 3. The first-order valence-corrected chi connectivity index (χ1v) is 7.77. The van der Waals surface area contributed by atoms with Crippen molar-refractivity contribution < 1.29 is 0 Å². The number of hydrogen-bond acceptors (Lipinski definition) is 3. The lowest BCUT2D eigenvalue weighted by Crippen LogP contribution is -2.42. The van der Waals surface area contributed by atoms with E-state index in [1.165, 1.54) is 38.6 Å². The number of nitrogens with zero attached hydrogens (tertiary/aromatic N) is 2. The summed E-state index contributed by atoms with van der Waals surface area (Å²) in [5.41, 5.74) is 0. The van der Waals surface area contributed by atoms with Crippen molar-refractivity contribution in [2.24, 2.45) is 0 Å². The lowest BCUT2D eigenvalue weighted by atomic mass is 9.90. The van der Waals surface area contributed by atoms with Gasteiger partial charge in [0, 0.05) is 24.8 Å². The van der Waals surface area contributed by atoms with Crippen molar-refractivity contribution in [2.75, 3.05) is 13.1 Å². The van der Waals surface area contributed by atoms with Crippen LogP contribution in [0.15, 0.2) is 16.9 Å². The first kappa shape index (κ1) is 12.6. The molecule has 4 nitrogen and oxygen atoms in total. The maximum Gasteiger partial charge on any atom is 0.0632 e. The van der Waals surface area contributed by atoms with Gasteiger partial charge >= 0.3 is 0 Å². The fraction of sp³-hybridized carbons (Fsp3) is 0.769. The third-order valence-electron chi connectivity index (χ3n) is 4.12. The molecule has 2 heterocycles. The van der Waals surface area contributed by atoms with E-state index in [4.69, 9.17) is 0 Å². The Kier molecular flexibility index (Phi) is 4.01. The average molecular weight is 313 g/mol. The highest BCUT2D eigenvalue weighted by Crippen LogP contribution is 2.29. The zero-order valence-corrected chi connectivity index (χ0v) is 12.2. The third-order valence-corrected chi connectivity index (χ3v) is 4.53. The molecule has 1 aliphatic heterocycles. The Balaban J connectivity index is 1.57. The van der Waals surface area contributed by atoms with Gasteiger partial charge in [0.1, 0.15) is 0 Å². The summed E-state index contributed by atoms with van der Waals surface area (Å²) in [4.78, 5) is 0. The molecule has 2 fully saturated rings. The van der Waals surface area contributed by atoms with Gasteiger partial charge in [0.2, 0.25) is 0 Å². The van der Waals surface area contributed by atoms with E-state index in [0.29, 0.717) is 18.1 Å². The number of nitrogens with one attached hydrogen (secondary N) is 2. The fourth-order valence-corrected chi connectivity index (χ4v) is 3.50. The number of halogens is 1. The molecule has 2 N–H and O–H groups in total. The molecule has 5 heteroatoms. The normalized spacial score (nSPS) is 32.8. The topological polar surface area (TPSA) is 41.9 Å². The van der Waals surface area contributed by atoms with Crippen molar-refractivity contribution in [1.82, 2.24) is 20.4 Å². The Hall–Kier alpha value is -0.390. The van der Waals surface area contributed by atoms with E-state index < -0.39 is 0 Å². The molecule has 0 radical (unpaired) electrons. The molecule has 0 spiro atoms. The first-order chi connectivity index (χ1) is 8.81. The van der Waals surface area contributed by atoms with Gasteiger partial charge in [-0.2, -0.15) is 5.10 Å². The molecule has 3 rings (SSSR count). The standard InChI is InChI=1S/C13H21BrN4/c14-10-7-16-18(9-10)13-3-1-2-11(6-13)17-12-4-5-15-8-12/h7,9,11-13,15,17H,1-6,8H2. The van der Waals surface area contributed by atoms with E-state index in [-0.39, 0.29) is 0 Å². The Morgan fingerprint density at radius 2 is 2.28 bits per heavy atom.